The maximum absolute atomic E-state index is 12.7. The topological polar surface area (TPSA) is 93.7 Å². The lowest BCUT2D eigenvalue weighted by atomic mass is 9.90. The van der Waals surface area contributed by atoms with Crippen LogP contribution in [0.5, 0.6) is 5.75 Å². The first kappa shape index (κ1) is 21.9. The summed E-state index contributed by atoms with van der Waals surface area (Å²) in [5.41, 5.74) is 0.00566. The van der Waals surface area contributed by atoms with Gasteiger partial charge in [-0.2, -0.15) is 0 Å². The van der Waals surface area contributed by atoms with E-state index in [2.05, 4.69) is 10.6 Å². The van der Waals surface area contributed by atoms with Crippen molar-refractivity contribution in [2.24, 2.45) is 5.41 Å². The van der Waals surface area contributed by atoms with E-state index < -0.39 is 23.2 Å². The van der Waals surface area contributed by atoms with Gasteiger partial charge in [-0.1, -0.05) is 12.1 Å². The predicted octanol–water partition coefficient (Wildman–Crippen LogP) is 3.87. The van der Waals surface area contributed by atoms with Crippen molar-refractivity contribution in [1.82, 2.24) is 0 Å². The highest BCUT2D eigenvalue weighted by Crippen LogP contribution is 2.27. The second-order valence-electron chi connectivity index (χ2n) is 6.76. The Morgan fingerprint density at radius 1 is 0.862 bits per heavy atom. The minimum Gasteiger partial charge on any atom is -0.492 e. The number of carbonyl (C=O) groups is 3. The van der Waals surface area contributed by atoms with E-state index in [0.29, 0.717) is 29.3 Å². The molecule has 2 aromatic carbocycles. The minimum absolute atomic E-state index is 0.285. The van der Waals surface area contributed by atoms with Crippen LogP contribution in [0.15, 0.2) is 48.5 Å². The van der Waals surface area contributed by atoms with Crippen LogP contribution in [0.25, 0.3) is 0 Å². The molecule has 2 rings (SSSR count). The molecule has 0 aromatic heterocycles. The number of benzene rings is 2. The van der Waals surface area contributed by atoms with Crippen LogP contribution in [0.2, 0.25) is 0 Å². The van der Waals surface area contributed by atoms with Crippen LogP contribution in [0.4, 0.5) is 11.4 Å². The van der Waals surface area contributed by atoms with Crippen LogP contribution in [0.3, 0.4) is 0 Å². The molecule has 0 saturated heterocycles. The van der Waals surface area contributed by atoms with Gasteiger partial charge in [0, 0.05) is 5.69 Å². The van der Waals surface area contributed by atoms with E-state index in [0.717, 1.165) is 0 Å². The van der Waals surface area contributed by atoms with Crippen LogP contribution in [0, 0.1) is 5.41 Å². The summed E-state index contributed by atoms with van der Waals surface area (Å²) in [6, 6.07) is 13.3. The molecule has 0 radical (unpaired) electrons. The molecule has 0 unspecified atom stereocenters. The van der Waals surface area contributed by atoms with Crippen LogP contribution >= 0.6 is 0 Å². The number of para-hydroxylation sites is 2. The molecule has 2 aromatic rings. The zero-order chi connectivity index (χ0) is 21.4. The quantitative estimate of drug-likeness (QED) is 0.520. The SMILES string of the molecule is CCOC(=O)c1ccc(NC(=O)C(C)(C)C(=O)Nc2ccccc2OCC)cc1. The first-order valence-corrected chi connectivity index (χ1v) is 9.41. The zero-order valence-electron chi connectivity index (χ0n) is 17.1. The van der Waals surface area contributed by atoms with E-state index in [-0.39, 0.29) is 6.61 Å². The smallest absolute Gasteiger partial charge is 0.338 e. The number of rotatable bonds is 8. The average molecular weight is 398 g/mol. The molecular weight excluding hydrogens is 372 g/mol. The number of carbonyl (C=O) groups excluding carboxylic acids is 3. The van der Waals surface area contributed by atoms with Crippen molar-refractivity contribution in [1.29, 1.82) is 0 Å². The molecule has 2 amide bonds. The van der Waals surface area contributed by atoms with E-state index in [1.807, 2.05) is 6.92 Å². The monoisotopic (exact) mass is 398 g/mol. The normalized spacial score (nSPS) is 10.8. The zero-order valence-corrected chi connectivity index (χ0v) is 17.1. The number of nitrogens with one attached hydrogen (secondary N) is 2. The number of anilines is 2. The molecule has 0 spiro atoms. The summed E-state index contributed by atoms with van der Waals surface area (Å²) in [5.74, 6) is -0.842. The van der Waals surface area contributed by atoms with Crippen LogP contribution in [0.1, 0.15) is 38.1 Å². The number of hydrogen-bond acceptors (Lipinski definition) is 5. The lowest BCUT2D eigenvalue weighted by Crippen LogP contribution is -2.41. The Morgan fingerprint density at radius 2 is 1.48 bits per heavy atom. The van der Waals surface area contributed by atoms with E-state index >= 15 is 0 Å². The molecule has 7 nitrogen and oxygen atoms in total. The molecular formula is C22H26N2O5. The van der Waals surface area contributed by atoms with Crippen molar-refractivity contribution >= 4 is 29.2 Å². The molecule has 0 aliphatic rings. The largest absolute Gasteiger partial charge is 0.492 e. The molecule has 7 heteroatoms. The highest BCUT2D eigenvalue weighted by molar-refractivity contribution is 6.14. The fraction of sp³-hybridized carbons (Fsp3) is 0.318. The van der Waals surface area contributed by atoms with Crippen molar-refractivity contribution < 1.29 is 23.9 Å². The molecule has 2 N–H and O–H groups in total. The lowest BCUT2D eigenvalue weighted by molar-refractivity contribution is -0.135. The third-order valence-corrected chi connectivity index (χ3v) is 4.22. The van der Waals surface area contributed by atoms with Gasteiger partial charge in [0.15, 0.2) is 0 Å². The van der Waals surface area contributed by atoms with Gasteiger partial charge in [0.25, 0.3) is 0 Å². The summed E-state index contributed by atoms with van der Waals surface area (Å²) in [6.45, 7) is 7.39. The fourth-order valence-corrected chi connectivity index (χ4v) is 2.42. The molecule has 0 saturated carbocycles. The van der Waals surface area contributed by atoms with Gasteiger partial charge in [-0.15, -0.1) is 0 Å². The first-order chi connectivity index (χ1) is 13.8. The van der Waals surface area contributed by atoms with Crippen LogP contribution < -0.4 is 15.4 Å². The standard InChI is InChI=1S/C22H26N2O5/c1-5-28-18-10-8-7-9-17(18)24-21(27)22(3,4)20(26)23-16-13-11-15(12-14-16)19(25)29-6-2/h7-14H,5-6H2,1-4H3,(H,23,26)(H,24,27). The Hall–Kier alpha value is -3.35. The first-order valence-electron chi connectivity index (χ1n) is 9.41. The number of esters is 1. The summed E-state index contributed by atoms with van der Waals surface area (Å²) < 4.78 is 10.4. The molecule has 0 aliphatic carbocycles. The third kappa shape index (κ3) is 5.57. The van der Waals surface area contributed by atoms with Gasteiger partial charge >= 0.3 is 5.97 Å². The summed E-state index contributed by atoms with van der Waals surface area (Å²) in [5, 5.41) is 5.46. The van der Waals surface area contributed by atoms with Crippen molar-refractivity contribution in [2.45, 2.75) is 27.7 Å². The molecule has 0 atom stereocenters. The lowest BCUT2D eigenvalue weighted by Gasteiger charge is -2.23. The molecule has 0 heterocycles. The van der Waals surface area contributed by atoms with Crippen molar-refractivity contribution in [3.05, 3.63) is 54.1 Å². The maximum atomic E-state index is 12.7. The second kappa shape index (κ2) is 9.73. The Morgan fingerprint density at radius 3 is 2.10 bits per heavy atom. The predicted molar refractivity (Wildman–Crippen MR) is 111 cm³/mol. The molecule has 0 aliphatic heterocycles. The third-order valence-electron chi connectivity index (χ3n) is 4.22. The van der Waals surface area contributed by atoms with Crippen LogP contribution in [-0.4, -0.2) is 31.0 Å². The van der Waals surface area contributed by atoms with E-state index in [9.17, 15) is 14.4 Å². The number of ether oxygens (including phenoxy) is 2. The number of hydrogen-bond donors (Lipinski definition) is 2. The maximum Gasteiger partial charge on any atom is 0.338 e. The van der Waals surface area contributed by atoms with Crippen molar-refractivity contribution in [3.8, 4) is 5.75 Å². The van der Waals surface area contributed by atoms with Crippen molar-refractivity contribution in [3.63, 3.8) is 0 Å². The summed E-state index contributed by atoms with van der Waals surface area (Å²) >= 11 is 0. The highest BCUT2D eigenvalue weighted by Gasteiger charge is 2.36. The van der Waals surface area contributed by atoms with Gasteiger partial charge in [-0.05, 0) is 64.1 Å². The minimum atomic E-state index is -1.35. The molecule has 0 fully saturated rings. The van der Waals surface area contributed by atoms with E-state index in [4.69, 9.17) is 9.47 Å². The van der Waals surface area contributed by atoms with Gasteiger partial charge in [0.1, 0.15) is 11.2 Å². The summed E-state index contributed by atoms with van der Waals surface area (Å²) in [6.07, 6.45) is 0. The van der Waals surface area contributed by atoms with Gasteiger partial charge < -0.3 is 20.1 Å². The molecule has 0 bridgehead atoms. The van der Waals surface area contributed by atoms with Crippen molar-refractivity contribution in [2.75, 3.05) is 23.8 Å². The highest BCUT2D eigenvalue weighted by atomic mass is 16.5. The molecule has 29 heavy (non-hydrogen) atoms. The van der Waals surface area contributed by atoms with Gasteiger partial charge in [0.05, 0.1) is 24.5 Å². The van der Waals surface area contributed by atoms with E-state index in [1.54, 1.807) is 55.5 Å². The van der Waals surface area contributed by atoms with Gasteiger partial charge in [0.2, 0.25) is 11.8 Å². The Kier molecular flexibility index (Phi) is 7.36. The Bertz CT molecular complexity index is 875. The number of amides is 2. The summed E-state index contributed by atoms with van der Waals surface area (Å²) in [7, 11) is 0. The molecule has 154 valence electrons. The van der Waals surface area contributed by atoms with E-state index in [1.165, 1.54) is 13.8 Å². The van der Waals surface area contributed by atoms with Crippen LogP contribution in [-0.2, 0) is 14.3 Å². The summed E-state index contributed by atoms with van der Waals surface area (Å²) in [4.78, 5) is 37.2. The Labute approximate surface area is 170 Å². The fourth-order valence-electron chi connectivity index (χ4n) is 2.42. The Balaban J connectivity index is 2.07. The van der Waals surface area contributed by atoms with Gasteiger partial charge in [-0.3, -0.25) is 9.59 Å². The van der Waals surface area contributed by atoms with Gasteiger partial charge in [-0.25, -0.2) is 4.79 Å². The second-order valence-corrected chi connectivity index (χ2v) is 6.76. The average Bonchev–Trinajstić information content (AvgIpc) is 2.70.